The van der Waals surface area contributed by atoms with Crippen LogP contribution in [0.5, 0.6) is 0 Å². The van der Waals surface area contributed by atoms with Crippen molar-refractivity contribution in [2.75, 3.05) is 0 Å². The minimum absolute atomic E-state index is 0.107. The summed E-state index contributed by atoms with van der Waals surface area (Å²) >= 11 is 0. The van der Waals surface area contributed by atoms with E-state index in [4.69, 9.17) is 5.73 Å². The number of hydrogen-bond donors (Lipinski definition) is 3. The number of benzene rings is 2. The molecule has 1 atom stereocenters. The van der Waals surface area contributed by atoms with Crippen LogP contribution in [0.4, 0.5) is 0 Å². The molecule has 4 N–H and O–H groups in total. The second-order valence-electron chi connectivity index (χ2n) is 8.35. The molecule has 0 saturated heterocycles. The van der Waals surface area contributed by atoms with E-state index in [-0.39, 0.29) is 18.9 Å². The van der Waals surface area contributed by atoms with Crippen molar-refractivity contribution in [3.05, 3.63) is 54.1 Å². The molecule has 0 saturated carbocycles. The molecule has 9 nitrogen and oxygen atoms in total. The Hall–Kier alpha value is -3.59. The van der Waals surface area contributed by atoms with Gasteiger partial charge in [-0.1, -0.05) is 75.7 Å². The van der Waals surface area contributed by atoms with E-state index in [0.717, 1.165) is 28.7 Å². The Kier molecular flexibility index (Phi) is 7.55. The van der Waals surface area contributed by atoms with E-state index < -0.39 is 17.6 Å². The summed E-state index contributed by atoms with van der Waals surface area (Å²) < 4.78 is 0. The first-order chi connectivity index (χ1) is 15.8. The fraction of sp³-hybridized carbons (Fsp3) is 0.375. The lowest BCUT2D eigenvalue weighted by Gasteiger charge is -2.40. The summed E-state index contributed by atoms with van der Waals surface area (Å²) in [7, 11) is 0. The zero-order valence-corrected chi connectivity index (χ0v) is 19.2. The Balaban J connectivity index is 1.92. The molecule has 0 radical (unpaired) electrons. The Bertz CT molecular complexity index is 1080. The van der Waals surface area contributed by atoms with Crippen molar-refractivity contribution in [2.24, 2.45) is 11.7 Å². The van der Waals surface area contributed by atoms with Gasteiger partial charge >= 0.3 is 5.97 Å². The van der Waals surface area contributed by atoms with Crippen molar-refractivity contribution in [3.8, 4) is 22.5 Å². The highest BCUT2D eigenvalue weighted by atomic mass is 16.4. The third-order valence-electron chi connectivity index (χ3n) is 5.83. The van der Waals surface area contributed by atoms with Crippen LogP contribution in [-0.2, 0) is 16.1 Å². The van der Waals surface area contributed by atoms with Crippen LogP contribution in [0.3, 0.4) is 0 Å². The Labute approximate surface area is 193 Å². The molecule has 1 heterocycles. The summed E-state index contributed by atoms with van der Waals surface area (Å²) in [6.07, 6.45) is 1.76. The smallest absolute Gasteiger partial charge is 0.344 e. The van der Waals surface area contributed by atoms with Crippen molar-refractivity contribution in [2.45, 2.75) is 52.2 Å². The molecule has 0 aliphatic heterocycles. The van der Waals surface area contributed by atoms with Crippen LogP contribution in [-0.4, -0.2) is 48.2 Å². The molecule has 1 aromatic heterocycles. The molecule has 0 fully saturated rings. The van der Waals surface area contributed by atoms with Gasteiger partial charge in [-0.05, 0) is 28.3 Å². The fourth-order valence-electron chi connectivity index (χ4n) is 3.74. The minimum atomic E-state index is -1.80. The van der Waals surface area contributed by atoms with E-state index in [1.165, 1.54) is 4.90 Å². The number of hydrogen-bond acceptors (Lipinski definition) is 6. The number of nitrogens with one attached hydrogen (secondary N) is 1. The van der Waals surface area contributed by atoms with Crippen LogP contribution < -0.4 is 5.73 Å². The van der Waals surface area contributed by atoms with Crippen molar-refractivity contribution >= 4 is 11.9 Å². The molecule has 9 heteroatoms. The summed E-state index contributed by atoms with van der Waals surface area (Å²) in [5.74, 6) is -1.45. The zero-order chi connectivity index (χ0) is 24.0. The number of nitrogens with two attached hydrogens (primary N) is 1. The number of H-pyrrole nitrogens is 1. The highest BCUT2D eigenvalue weighted by Crippen LogP contribution is 2.30. The van der Waals surface area contributed by atoms with Gasteiger partial charge in [0, 0.05) is 24.4 Å². The van der Waals surface area contributed by atoms with Crippen LogP contribution in [0.25, 0.3) is 22.5 Å². The molecule has 0 aliphatic carbocycles. The average molecular weight is 451 g/mol. The van der Waals surface area contributed by atoms with Gasteiger partial charge in [0.15, 0.2) is 5.66 Å². The lowest BCUT2D eigenvalue weighted by Crippen LogP contribution is -2.66. The number of aromatic amines is 1. The van der Waals surface area contributed by atoms with E-state index in [0.29, 0.717) is 12.2 Å². The van der Waals surface area contributed by atoms with Crippen LogP contribution in [0, 0.1) is 5.92 Å². The normalized spacial score (nSPS) is 13.0. The molecule has 174 valence electrons. The van der Waals surface area contributed by atoms with E-state index in [2.05, 4.69) is 20.6 Å². The van der Waals surface area contributed by atoms with Gasteiger partial charge in [-0.3, -0.25) is 10.5 Å². The number of rotatable bonds is 10. The van der Waals surface area contributed by atoms with Gasteiger partial charge in [0.05, 0.1) is 0 Å². The molecular weight excluding hydrogens is 420 g/mol. The van der Waals surface area contributed by atoms with Crippen molar-refractivity contribution in [1.82, 2.24) is 25.5 Å². The van der Waals surface area contributed by atoms with Gasteiger partial charge in [-0.25, -0.2) is 4.79 Å². The van der Waals surface area contributed by atoms with E-state index in [9.17, 15) is 14.7 Å². The minimum Gasteiger partial charge on any atom is -0.478 e. The molecule has 0 bridgehead atoms. The summed E-state index contributed by atoms with van der Waals surface area (Å²) in [6.45, 7) is 5.52. The highest BCUT2D eigenvalue weighted by Gasteiger charge is 2.45. The summed E-state index contributed by atoms with van der Waals surface area (Å²) in [4.78, 5) is 26.4. The van der Waals surface area contributed by atoms with Gasteiger partial charge in [-0.2, -0.15) is 5.21 Å². The number of aromatic nitrogens is 4. The first kappa shape index (κ1) is 24.1. The molecule has 1 unspecified atom stereocenters. The molecule has 0 aliphatic rings. The molecule has 3 rings (SSSR count). The van der Waals surface area contributed by atoms with Gasteiger partial charge < -0.3 is 10.0 Å². The number of nitrogens with zero attached hydrogens (tertiary/aromatic N) is 4. The lowest BCUT2D eigenvalue weighted by atomic mass is 9.93. The molecule has 2 aromatic carbocycles. The Morgan fingerprint density at radius 1 is 1.12 bits per heavy atom. The summed E-state index contributed by atoms with van der Waals surface area (Å²) in [6, 6.07) is 15.3. The van der Waals surface area contributed by atoms with Gasteiger partial charge in [0.25, 0.3) is 0 Å². The zero-order valence-electron chi connectivity index (χ0n) is 19.2. The standard InChI is InChI=1S/C24H30N6O3/c1-4-5-10-21(31)30(24(25,16(2)3)23(32)33)15-17-11-13-18(14-12-17)19-8-6-7-9-20(19)22-26-28-29-27-22/h6-9,11-14,16H,4-5,10,15,25H2,1-3H3,(H,32,33)(H,26,27,28,29). The third-order valence-corrected chi connectivity index (χ3v) is 5.83. The predicted octanol–water partition coefficient (Wildman–Crippen LogP) is 3.45. The number of aliphatic carboxylic acids is 1. The second kappa shape index (κ2) is 10.4. The van der Waals surface area contributed by atoms with Crippen molar-refractivity contribution < 1.29 is 14.7 Å². The number of amides is 1. The van der Waals surface area contributed by atoms with Crippen molar-refractivity contribution in [3.63, 3.8) is 0 Å². The SMILES string of the molecule is CCCCC(=O)N(Cc1ccc(-c2ccccc2-c2nn[nH]n2)cc1)C(N)(C(=O)O)C(C)C. The second-order valence-corrected chi connectivity index (χ2v) is 8.35. The van der Waals surface area contributed by atoms with Gasteiger partial charge in [0.1, 0.15) is 0 Å². The number of tetrazole rings is 1. The molecule has 3 aromatic rings. The topological polar surface area (TPSA) is 138 Å². The lowest BCUT2D eigenvalue weighted by molar-refractivity contribution is -0.163. The van der Waals surface area contributed by atoms with E-state index in [1.807, 2.05) is 55.5 Å². The molecular formula is C24H30N6O3. The highest BCUT2D eigenvalue weighted by molar-refractivity contribution is 5.87. The first-order valence-electron chi connectivity index (χ1n) is 11.0. The molecule has 33 heavy (non-hydrogen) atoms. The Morgan fingerprint density at radius 3 is 2.33 bits per heavy atom. The maximum absolute atomic E-state index is 13.0. The van der Waals surface area contributed by atoms with Crippen LogP contribution in [0.2, 0.25) is 0 Å². The number of carboxylic acid groups (broad SMARTS) is 1. The first-order valence-corrected chi connectivity index (χ1v) is 11.0. The van der Waals surface area contributed by atoms with E-state index >= 15 is 0 Å². The summed E-state index contributed by atoms with van der Waals surface area (Å²) in [5, 5.41) is 24.1. The number of carbonyl (C=O) groups excluding carboxylic acids is 1. The average Bonchev–Trinajstić information content (AvgIpc) is 3.35. The van der Waals surface area contributed by atoms with E-state index in [1.54, 1.807) is 13.8 Å². The fourth-order valence-corrected chi connectivity index (χ4v) is 3.74. The quantitative estimate of drug-likeness (QED) is 0.402. The van der Waals surface area contributed by atoms with Gasteiger partial charge in [-0.15, -0.1) is 10.2 Å². The molecule has 1 amide bonds. The van der Waals surface area contributed by atoms with Crippen LogP contribution >= 0.6 is 0 Å². The number of carbonyl (C=O) groups is 2. The maximum Gasteiger partial charge on any atom is 0.344 e. The predicted molar refractivity (Wildman–Crippen MR) is 125 cm³/mol. The monoisotopic (exact) mass is 450 g/mol. The summed E-state index contributed by atoms with van der Waals surface area (Å²) in [5.41, 5.74) is 8.02. The van der Waals surface area contributed by atoms with Crippen molar-refractivity contribution in [1.29, 1.82) is 0 Å². The van der Waals surface area contributed by atoms with Crippen LogP contribution in [0.15, 0.2) is 48.5 Å². The van der Waals surface area contributed by atoms with Crippen LogP contribution in [0.1, 0.15) is 45.6 Å². The Morgan fingerprint density at radius 2 is 1.79 bits per heavy atom. The molecule has 0 spiro atoms. The largest absolute Gasteiger partial charge is 0.478 e. The maximum atomic E-state index is 13.0. The number of carboxylic acids is 1. The van der Waals surface area contributed by atoms with Gasteiger partial charge in [0.2, 0.25) is 11.7 Å². The third kappa shape index (κ3) is 5.09. The number of unbranched alkanes of at least 4 members (excludes halogenated alkanes) is 1.